The van der Waals surface area contributed by atoms with Crippen molar-refractivity contribution in [2.24, 2.45) is 4.99 Å². The number of hydrogen-bond acceptors (Lipinski definition) is 3. The number of sulfone groups is 1. The van der Waals surface area contributed by atoms with Crippen LogP contribution >= 0.6 is 35.6 Å². The van der Waals surface area contributed by atoms with Crippen LogP contribution in [-0.4, -0.2) is 34.2 Å². The van der Waals surface area contributed by atoms with Gasteiger partial charge in [-0.25, -0.2) is 8.42 Å². The van der Waals surface area contributed by atoms with E-state index in [0.29, 0.717) is 23.9 Å². The van der Waals surface area contributed by atoms with Gasteiger partial charge in [-0.1, -0.05) is 49.7 Å². The van der Waals surface area contributed by atoms with E-state index in [-0.39, 0.29) is 29.4 Å². The number of benzene rings is 2. The normalized spacial score (nSPS) is 12.3. The number of aliphatic imine (C=N–C) groups is 1. The molecule has 0 amide bonds. The van der Waals surface area contributed by atoms with Gasteiger partial charge in [0.15, 0.2) is 15.8 Å². The van der Waals surface area contributed by atoms with Gasteiger partial charge in [-0.3, -0.25) is 4.99 Å². The molecule has 0 aliphatic heterocycles. The van der Waals surface area contributed by atoms with Gasteiger partial charge in [0.1, 0.15) is 0 Å². The first-order chi connectivity index (χ1) is 13.0. The second-order valence-electron chi connectivity index (χ2n) is 7.54. The highest BCUT2D eigenvalue weighted by molar-refractivity contribution is 14.0. The van der Waals surface area contributed by atoms with Gasteiger partial charge in [0.25, 0.3) is 0 Å². The predicted octanol–water partition coefficient (Wildman–Crippen LogP) is 4.31. The Bertz CT molecular complexity index is 958. The Morgan fingerprint density at radius 1 is 1.10 bits per heavy atom. The van der Waals surface area contributed by atoms with E-state index in [2.05, 4.69) is 29.5 Å². The molecule has 0 aromatic heterocycles. The van der Waals surface area contributed by atoms with Crippen LogP contribution in [-0.2, 0) is 21.8 Å². The Labute approximate surface area is 196 Å². The van der Waals surface area contributed by atoms with E-state index in [4.69, 9.17) is 11.6 Å². The summed E-state index contributed by atoms with van der Waals surface area (Å²) in [6, 6.07) is 13.2. The van der Waals surface area contributed by atoms with Crippen LogP contribution < -0.4 is 10.6 Å². The van der Waals surface area contributed by atoms with Crippen molar-refractivity contribution in [3.05, 3.63) is 64.2 Å². The standard InChI is InChI=1S/C21H28ClN3O2S.HI/c1-15-12-16(6-11-19(15)28(5,26)27)13-24-20(23-4)25-14-21(2,3)17-7-9-18(22)10-8-17;/h6-12H,13-14H2,1-5H3,(H2,23,24,25);1H. The average molecular weight is 550 g/mol. The summed E-state index contributed by atoms with van der Waals surface area (Å²) in [6.45, 7) is 7.36. The lowest BCUT2D eigenvalue weighted by Gasteiger charge is -2.27. The molecule has 2 aromatic carbocycles. The maximum Gasteiger partial charge on any atom is 0.191 e. The van der Waals surface area contributed by atoms with Gasteiger partial charge in [-0.15, -0.1) is 24.0 Å². The summed E-state index contributed by atoms with van der Waals surface area (Å²) >= 11 is 5.98. The first-order valence-corrected chi connectivity index (χ1v) is 11.3. The topological polar surface area (TPSA) is 70.6 Å². The van der Waals surface area contributed by atoms with Gasteiger partial charge in [-0.2, -0.15) is 0 Å². The summed E-state index contributed by atoms with van der Waals surface area (Å²) in [7, 11) is -1.48. The van der Waals surface area contributed by atoms with Gasteiger partial charge >= 0.3 is 0 Å². The van der Waals surface area contributed by atoms with Crippen molar-refractivity contribution >= 4 is 51.4 Å². The van der Waals surface area contributed by atoms with Crippen molar-refractivity contribution in [2.75, 3.05) is 19.8 Å². The summed E-state index contributed by atoms with van der Waals surface area (Å²) in [5, 5.41) is 7.35. The molecule has 8 heteroatoms. The third kappa shape index (κ3) is 7.46. The number of rotatable bonds is 6. The van der Waals surface area contributed by atoms with E-state index in [1.807, 2.05) is 43.3 Å². The van der Waals surface area contributed by atoms with Crippen LogP contribution in [0.4, 0.5) is 0 Å². The summed E-state index contributed by atoms with van der Waals surface area (Å²) in [5.41, 5.74) is 2.82. The lowest BCUT2D eigenvalue weighted by molar-refractivity contribution is 0.508. The monoisotopic (exact) mass is 549 g/mol. The number of aryl methyl sites for hydroxylation is 1. The second-order valence-corrected chi connectivity index (χ2v) is 9.96. The molecule has 160 valence electrons. The van der Waals surface area contributed by atoms with Crippen LogP contribution in [0.1, 0.15) is 30.5 Å². The average Bonchev–Trinajstić information content (AvgIpc) is 2.61. The van der Waals surface area contributed by atoms with E-state index in [1.54, 1.807) is 13.1 Å². The maximum absolute atomic E-state index is 11.7. The molecule has 0 unspecified atom stereocenters. The van der Waals surface area contributed by atoms with Crippen molar-refractivity contribution in [1.29, 1.82) is 0 Å². The van der Waals surface area contributed by atoms with Crippen LogP contribution in [0.25, 0.3) is 0 Å². The Morgan fingerprint density at radius 3 is 2.24 bits per heavy atom. The van der Waals surface area contributed by atoms with Gasteiger partial charge in [0, 0.05) is 36.8 Å². The predicted molar refractivity (Wildman–Crippen MR) is 132 cm³/mol. The fourth-order valence-electron chi connectivity index (χ4n) is 2.95. The molecule has 0 saturated heterocycles. The third-order valence-corrected chi connectivity index (χ3v) is 6.15. The van der Waals surface area contributed by atoms with Gasteiger partial charge in [0.05, 0.1) is 4.90 Å². The summed E-state index contributed by atoms with van der Waals surface area (Å²) in [6.07, 6.45) is 1.22. The molecule has 2 rings (SSSR count). The molecule has 0 radical (unpaired) electrons. The molecule has 0 spiro atoms. The zero-order chi connectivity index (χ0) is 20.9. The van der Waals surface area contributed by atoms with E-state index < -0.39 is 9.84 Å². The van der Waals surface area contributed by atoms with Gasteiger partial charge < -0.3 is 10.6 Å². The Balaban J connectivity index is 0.00000420. The van der Waals surface area contributed by atoms with Crippen LogP contribution in [0.2, 0.25) is 5.02 Å². The molecule has 0 heterocycles. The Hall–Kier alpha value is -1.32. The molecule has 0 aliphatic rings. The van der Waals surface area contributed by atoms with E-state index in [9.17, 15) is 8.42 Å². The first kappa shape index (κ1) is 25.7. The van der Waals surface area contributed by atoms with Gasteiger partial charge in [-0.05, 0) is 41.8 Å². The van der Waals surface area contributed by atoms with Crippen LogP contribution in [0, 0.1) is 6.92 Å². The van der Waals surface area contributed by atoms with Crippen LogP contribution in [0.15, 0.2) is 52.4 Å². The highest BCUT2D eigenvalue weighted by Gasteiger charge is 2.21. The lowest BCUT2D eigenvalue weighted by Crippen LogP contribution is -2.43. The van der Waals surface area contributed by atoms with Crippen LogP contribution in [0.5, 0.6) is 0 Å². The fraction of sp³-hybridized carbons (Fsp3) is 0.381. The minimum atomic E-state index is -3.21. The molecule has 0 bridgehead atoms. The highest BCUT2D eigenvalue weighted by Crippen LogP contribution is 2.23. The van der Waals surface area contributed by atoms with Crippen molar-refractivity contribution in [2.45, 2.75) is 37.6 Å². The molecular formula is C21H29ClIN3O2S. The number of nitrogens with one attached hydrogen (secondary N) is 2. The third-order valence-electron chi connectivity index (χ3n) is 4.65. The van der Waals surface area contributed by atoms with Crippen LogP contribution in [0.3, 0.4) is 0 Å². The number of guanidine groups is 1. The van der Waals surface area contributed by atoms with Crippen molar-refractivity contribution < 1.29 is 8.42 Å². The van der Waals surface area contributed by atoms with E-state index in [1.165, 1.54) is 11.8 Å². The molecular weight excluding hydrogens is 521 g/mol. The minimum absolute atomic E-state index is 0. The maximum atomic E-state index is 11.7. The lowest BCUT2D eigenvalue weighted by atomic mass is 9.85. The zero-order valence-electron chi connectivity index (χ0n) is 17.4. The molecule has 0 atom stereocenters. The number of nitrogens with zero attached hydrogens (tertiary/aromatic N) is 1. The quantitative estimate of drug-likeness (QED) is 0.320. The van der Waals surface area contributed by atoms with E-state index in [0.717, 1.165) is 16.1 Å². The summed E-state index contributed by atoms with van der Waals surface area (Å²) < 4.78 is 23.5. The van der Waals surface area contributed by atoms with Crippen molar-refractivity contribution in [3.63, 3.8) is 0 Å². The smallest absolute Gasteiger partial charge is 0.191 e. The summed E-state index contributed by atoms with van der Waals surface area (Å²) in [5.74, 6) is 0.687. The molecule has 29 heavy (non-hydrogen) atoms. The fourth-order valence-corrected chi connectivity index (χ4v) is 4.04. The second kappa shape index (κ2) is 10.6. The molecule has 2 aromatic rings. The van der Waals surface area contributed by atoms with Crippen molar-refractivity contribution in [3.8, 4) is 0 Å². The van der Waals surface area contributed by atoms with Gasteiger partial charge in [0.2, 0.25) is 0 Å². The molecule has 0 saturated carbocycles. The largest absolute Gasteiger partial charge is 0.356 e. The van der Waals surface area contributed by atoms with E-state index >= 15 is 0 Å². The zero-order valence-corrected chi connectivity index (χ0v) is 21.3. The Morgan fingerprint density at radius 2 is 1.72 bits per heavy atom. The minimum Gasteiger partial charge on any atom is -0.356 e. The molecule has 2 N–H and O–H groups in total. The number of hydrogen-bond donors (Lipinski definition) is 2. The van der Waals surface area contributed by atoms with Crippen molar-refractivity contribution in [1.82, 2.24) is 10.6 Å². The highest BCUT2D eigenvalue weighted by atomic mass is 127. The Kier molecular flexibility index (Phi) is 9.43. The summed E-state index contributed by atoms with van der Waals surface area (Å²) in [4.78, 5) is 4.63. The molecule has 5 nitrogen and oxygen atoms in total. The first-order valence-electron chi connectivity index (χ1n) is 9.03. The molecule has 0 aliphatic carbocycles. The SMILES string of the molecule is CN=C(NCc1ccc(S(C)(=O)=O)c(C)c1)NCC(C)(C)c1ccc(Cl)cc1.I. The number of halogens is 2. The molecule has 0 fully saturated rings.